The van der Waals surface area contributed by atoms with Crippen molar-refractivity contribution in [2.45, 2.75) is 56.4 Å². The number of benzene rings is 2. The minimum absolute atomic E-state index is 0.0701. The van der Waals surface area contributed by atoms with E-state index in [1.165, 1.54) is 31.4 Å². The maximum Gasteiger partial charge on any atom is 0.357 e. The molecule has 0 atom stereocenters. The van der Waals surface area contributed by atoms with Crippen LogP contribution in [-0.2, 0) is 10.0 Å². The Balaban J connectivity index is 1.78. The number of aromatic nitrogens is 3. The maximum atomic E-state index is 13.5. The molecule has 0 spiro atoms. The summed E-state index contributed by atoms with van der Waals surface area (Å²) in [5.41, 5.74) is 0.0538. The largest absolute Gasteiger partial charge is 0.507 e. The molecule has 1 aromatic heterocycles. The van der Waals surface area contributed by atoms with Gasteiger partial charge in [-0.1, -0.05) is 19.9 Å². The number of phenolic OH excluding ortho intramolecular Hbond substituents is 1. The molecule has 10 heteroatoms. The molecule has 0 saturated heterocycles. The quantitative estimate of drug-likeness (QED) is 0.537. The lowest BCUT2D eigenvalue weighted by Gasteiger charge is -2.17. The van der Waals surface area contributed by atoms with E-state index in [0.717, 1.165) is 31.2 Å². The van der Waals surface area contributed by atoms with Crippen molar-refractivity contribution in [2.75, 3.05) is 7.11 Å². The second kappa shape index (κ2) is 8.93. The zero-order valence-electron chi connectivity index (χ0n) is 18.7. The Bertz CT molecular complexity index is 1320. The monoisotopic (exact) mass is 473 g/mol. The highest BCUT2D eigenvalue weighted by molar-refractivity contribution is 7.90. The Kier molecular flexibility index (Phi) is 6.20. The SMILES string of the molecule is COc1cc(S(=O)(=O)n2c(-c3cc(C(C)C)ccc3O)n[nH]c2=O)ccc1OC1CCCC1. The number of nitrogens with zero attached hydrogens (tertiary/aromatic N) is 2. The van der Waals surface area contributed by atoms with Crippen LogP contribution < -0.4 is 15.2 Å². The molecule has 1 saturated carbocycles. The van der Waals surface area contributed by atoms with E-state index >= 15 is 0 Å². The molecule has 1 aliphatic carbocycles. The fourth-order valence-corrected chi connectivity index (χ4v) is 5.30. The highest BCUT2D eigenvalue weighted by Crippen LogP contribution is 2.35. The summed E-state index contributed by atoms with van der Waals surface area (Å²) in [5.74, 6) is 0.436. The summed E-state index contributed by atoms with van der Waals surface area (Å²) in [7, 11) is -2.94. The van der Waals surface area contributed by atoms with Crippen LogP contribution in [0.1, 0.15) is 51.0 Å². The highest BCUT2D eigenvalue weighted by Gasteiger charge is 2.28. The lowest BCUT2D eigenvalue weighted by Crippen LogP contribution is -2.26. The topological polar surface area (TPSA) is 124 Å². The van der Waals surface area contributed by atoms with Crippen molar-refractivity contribution in [3.05, 3.63) is 52.4 Å². The fraction of sp³-hybridized carbons (Fsp3) is 0.391. The second-order valence-electron chi connectivity index (χ2n) is 8.39. The fourth-order valence-electron chi connectivity index (χ4n) is 3.97. The predicted molar refractivity (Wildman–Crippen MR) is 122 cm³/mol. The van der Waals surface area contributed by atoms with Crippen molar-refractivity contribution in [2.24, 2.45) is 0 Å². The summed E-state index contributed by atoms with van der Waals surface area (Å²) < 4.78 is 38.9. The van der Waals surface area contributed by atoms with Gasteiger partial charge in [-0.05, 0) is 61.4 Å². The number of H-pyrrole nitrogens is 1. The molecule has 176 valence electrons. The average Bonchev–Trinajstić information content (AvgIpc) is 3.43. The van der Waals surface area contributed by atoms with Gasteiger partial charge in [0.2, 0.25) is 0 Å². The van der Waals surface area contributed by atoms with E-state index in [1.807, 2.05) is 13.8 Å². The lowest BCUT2D eigenvalue weighted by molar-refractivity contribution is 0.200. The summed E-state index contributed by atoms with van der Waals surface area (Å²) in [5, 5.41) is 16.5. The molecule has 33 heavy (non-hydrogen) atoms. The van der Waals surface area contributed by atoms with Crippen molar-refractivity contribution < 1.29 is 23.0 Å². The van der Waals surface area contributed by atoms with Gasteiger partial charge in [0.15, 0.2) is 17.3 Å². The van der Waals surface area contributed by atoms with Gasteiger partial charge in [-0.3, -0.25) is 0 Å². The summed E-state index contributed by atoms with van der Waals surface area (Å²) >= 11 is 0. The molecule has 4 rings (SSSR count). The first-order valence-electron chi connectivity index (χ1n) is 10.8. The number of nitrogens with one attached hydrogen (secondary N) is 1. The van der Waals surface area contributed by atoms with E-state index in [0.29, 0.717) is 9.72 Å². The lowest BCUT2D eigenvalue weighted by atomic mass is 10.00. The van der Waals surface area contributed by atoms with Crippen LogP contribution in [0.4, 0.5) is 0 Å². The minimum Gasteiger partial charge on any atom is -0.507 e. The van der Waals surface area contributed by atoms with E-state index in [1.54, 1.807) is 12.1 Å². The molecule has 0 bridgehead atoms. The molecule has 2 N–H and O–H groups in total. The van der Waals surface area contributed by atoms with Crippen LogP contribution in [0.3, 0.4) is 0 Å². The second-order valence-corrected chi connectivity index (χ2v) is 10.2. The molecule has 2 aromatic carbocycles. The molecular weight excluding hydrogens is 446 g/mol. The van der Waals surface area contributed by atoms with E-state index in [4.69, 9.17) is 9.47 Å². The molecule has 0 unspecified atom stereocenters. The van der Waals surface area contributed by atoms with E-state index in [2.05, 4.69) is 10.2 Å². The van der Waals surface area contributed by atoms with Crippen LogP contribution in [0.25, 0.3) is 11.4 Å². The molecule has 1 aliphatic rings. The van der Waals surface area contributed by atoms with Crippen LogP contribution in [0.5, 0.6) is 17.2 Å². The summed E-state index contributed by atoms with van der Waals surface area (Å²) in [4.78, 5) is 12.4. The van der Waals surface area contributed by atoms with Gasteiger partial charge < -0.3 is 14.6 Å². The van der Waals surface area contributed by atoms with Gasteiger partial charge in [-0.15, -0.1) is 0 Å². The van der Waals surface area contributed by atoms with Gasteiger partial charge >= 0.3 is 5.69 Å². The van der Waals surface area contributed by atoms with Crippen LogP contribution in [-0.4, -0.2) is 40.9 Å². The number of phenols is 1. The van der Waals surface area contributed by atoms with Crippen LogP contribution >= 0.6 is 0 Å². The van der Waals surface area contributed by atoms with Crippen LogP contribution in [0, 0.1) is 0 Å². The Morgan fingerprint density at radius 2 is 1.85 bits per heavy atom. The van der Waals surface area contributed by atoms with Crippen LogP contribution in [0.15, 0.2) is 46.1 Å². The number of aromatic amines is 1. The summed E-state index contributed by atoms with van der Waals surface area (Å²) in [6.45, 7) is 3.93. The van der Waals surface area contributed by atoms with Crippen molar-refractivity contribution in [3.8, 4) is 28.6 Å². The molecule has 0 aliphatic heterocycles. The van der Waals surface area contributed by atoms with Gasteiger partial charge in [0.05, 0.1) is 23.7 Å². The summed E-state index contributed by atoms with van der Waals surface area (Å²) in [6, 6.07) is 9.05. The Hall–Kier alpha value is -3.27. The van der Waals surface area contributed by atoms with E-state index < -0.39 is 15.7 Å². The smallest absolute Gasteiger partial charge is 0.357 e. The van der Waals surface area contributed by atoms with Crippen molar-refractivity contribution >= 4 is 10.0 Å². The van der Waals surface area contributed by atoms with E-state index in [-0.39, 0.29) is 39.8 Å². The predicted octanol–water partition coefficient (Wildman–Crippen LogP) is 3.63. The third-order valence-electron chi connectivity index (χ3n) is 5.83. The van der Waals surface area contributed by atoms with Gasteiger partial charge in [0.1, 0.15) is 5.75 Å². The van der Waals surface area contributed by atoms with Gasteiger partial charge in [-0.2, -0.15) is 9.07 Å². The zero-order chi connectivity index (χ0) is 23.8. The number of methoxy groups -OCH3 is 1. The number of hydrogen-bond acceptors (Lipinski definition) is 7. The molecule has 0 radical (unpaired) electrons. The molecule has 1 fully saturated rings. The van der Waals surface area contributed by atoms with Crippen LogP contribution in [0.2, 0.25) is 0 Å². The van der Waals surface area contributed by atoms with E-state index in [9.17, 15) is 18.3 Å². The Labute approximate surface area is 192 Å². The van der Waals surface area contributed by atoms with Gasteiger partial charge in [-0.25, -0.2) is 18.3 Å². The van der Waals surface area contributed by atoms with Crippen molar-refractivity contribution in [1.29, 1.82) is 0 Å². The average molecular weight is 474 g/mol. The number of rotatable bonds is 7. The molecule has 3 aromatic rings. The zero-order valence-corrected chi connectivity index (χ0v) is 19.6. The maximum absolute atomic E-state index is 13.5. The third-order valence-corrected chi connectivity index (χ3v) is 7.50. The number of hydrogen-bond donors (Lipinski definition) is 2. The van der Waals surface area contributed by atoms with Crippen molar-refractivity contribution in [3.63, 3.8) is 0 Å². The molecular formula is C23H27N3O6S. The minimum atomic E-state index is -4.37. The molecule has 9 nitrogen and oxygen atoms in total. The number of aromatic hydroxyl groups is 1. The van der Waals surface area contributed by atoms with Gasteiger partial charge in [0, 0.05) is 6.07 Å². The first kappa shape index (κ1) is 22.9. The Morgan fingerprint density at radius 3 is 2.52 bits per heavy atom. The number of ether oxygens (including phenoxy) is 2. The molecule has 1 heterocycles. The van der Waals surface area contributed by atoms with Gasteiger partial charge in [0.25, 0.3) is 10.0 Å². The third kappa shape index (κ3) is 4.35. The normalized spacial score (nSPS) is 14.7. The standard InChI is InChI=1S/C23H27N3O6S/c1-14(2)15-8-10-19(27)18(12-15)22-24-25-23(28)26(22)33(29,30)17-9-11-20(21(13-17)31-3)32-16-6-4-5-7-16/h8-14,16,27H,4-7H2,1-3H3,(H,25,28). The molecule has 0 amide bonds. The van der Waals surface area contributed by atoms with Crippen molar-refractivity contribution in [1.82, 2.24) is 14.2 Å². The first-order chi connectivity index (χ1) is 15.7. The highest BCUT2D eigenvalue weighted by atomic mass is 32.2. The Morgan fingerprint density at radius 1 is 1.12 bits per heavy atom. The first-order valence-corrected chi connectivity index (χ1v) is 12.3. The summed E-state index contributed by atoms with van der Waals surface area (Å²) in [6.07, 6.45) is 4.14.